The van der Waals surface area contributed by atoms with Gasteiger partial charge in [-0.05, 0) is 55.7 Å². The molecular formula is C27H31F3N4O2. The maximum atomic E-state index is 13.9. The van der Waals surface area contributed by atoms with Gasteiger partial charge >= 0.3 is 6.18 Å². The van der Waals surface area contributed by atoms with Crippen LogP contribution in [0.2, 0.25) is 0 Å². The Morgan fingerprint density at radius 1 is 1.19 bits per heavy atom. The van der Waals surface area contributed by atoms with Gasteiger partial charge in [0.1, 0.15) is 5.82 Å². The minimum atomic E-state index is -4.46. The number of ether oxygens (including phenoxy) is 1. The van der Waals surface area contributed by atoms with Crippen molar-refractivity contribution >= 4 is 22.6 Å². The summed E-state index contributed by atoms with van der Waals surface area (Å²) in [6.45, 7) is 6.54. The molecule has 1 aromatic carbocycles. The smallest absolute Gasteiger partial charge is 0.383 e. The van der Waals surface area contributed by atoms with Gasteiger partial charge in [-0.2, -0.15) is 13.2 Å². The molecular weight excluding hydrogens is 469 g/mol. The van der Waals surface area contributed by atoms with Gasteiger partial charge < -0.3 is 15.4 Å². The van der Waals surface area contributed by atoms with Gasteiger partial charge in [0, 0.05) is 28.8 Å². The molecule has 1 amide bonds. The molecule has 0 unspecified atom stereocenters. The molecule has 1 aliphatic rings. The molecule has 2 aromatic heterocycles. The summed E-state index contributed by atoms with van der Waals surface area (Å²) in [4.78, 5) is 24.2. The molecule has 0 fully saturated rings. The van der Waals surface area contributed by atoms with Gasteiger partial charge in [-0.1, -0.05) is 26.7 Å². The molecule has 3 heterocycles. The third-order valence-corrected chi connectivity index (χ3v) is 6.72. The number of halogens is 3. The highest BCUT2D eigenvalue weighted by molar-refractivity contribution is 5.99. The summed E-state index contributed by atoms with van der Waals surface area (Å²) in [5, 5.41) is 0.824. The second-order valence-electron chi connectivity index (χ2n) is 9.27. The normalized spacial score (nSPS) is 15.5. The zero-order valence-corrected chi connectivity index (χ0v) is 20.7. The van der Waals surface area contributed by atoms with Crippen molar-refractivity contribution in [2.75, 3.05) is 5.73 Å². The topological polar surface area (TPSA) is 81.3 Å². The number of alkyl halides is 3. The number of nitrogen functional groups attached to an aromatic ring is 1. The lowest BCUT2D eigenvalue weighted by Gasteiger charge is -2.32. The van der Waals surface area contributed by atoms with Crippen molar-refractivity contribution in [1.82, 2.24) is 14.9 Å². The van der Waals surface area contributed by atoms with Crippen molar-refractivity contribution in [2.45, 2.75) is 77.9 Å². The molecule has 36 heavy (non-hydrogen) atoms. The van der Waals surface area contributed by atoms with E-state index in [-0.39, 0.29) is 24.6 Å². The molecule has 0 saturated heterocycles. The number of benzene rings is 1. The highest BCUT2D eigenvalue weighted by Gasteiger charge is 2.31. The summed E-state index contributed by atoms with van der Waals surface area (Å²) >= 11 is 0. The standard InChI is InChI=1S/C27H31F3N4O2/c1-4-6-20(7-5-2)34(14-19-10-9-18(13-32-19)27(28,29)30)26(35)17-8-11-23-21(12-17)22-15-36-16(3)24(22)25(31)33-23/h8-13,16,20H,4-7,14-15H2,1-3H3,(H2,31,33)/t16-/m1/s1. The van der Waals surface area contributed by atoms with Crippen LogP contribution in [0.5, 0.6) is 0 Å². The summed E-state index contributed by atoms with van der Waals surface area (Å²) < 4.78 is 44.8. The molecule has 1 atom stereocenters. The van der Waals surface area contributed by atoms with Crippen LogP contribution in [0, 0.1) is 0 Å². The number of nitrogens with two attached hydrogens (primary N) is 1. The SMILES string of the molecule is CCCC(CCC)N(Cc1ccc(C(F)(F)F)cn1)C(=O)c1ccc2nc(N)c3c(c2c1)CO[C@@H]3C. The first-order valence-electron chi connectivity index (χ1n) is 12.3. The molecule has 9 heteroatoms. The van der Waals surface area contributed by atoms with E-state index >= 15 is 0 Å². The fourth-order valence-corrected chi connectivity index (χ4v) is 4.91. The predicted octanol–water partition coefficient (Wildman–Crippen LogP) is 6.43. The number of rotatable bonds is 8. The van der Waals surface area contributed by atoms with E-state index in [4.69, 9.17) is 10.5 Å². The van der Waals surface area contributed by atoms with Crippen LogP contribution >= 0.6 is 0 Å². The van der Waals surface area contributed by atoms with Crippen LogP contribution in [0.4, 0.5) is 19.0 Å². The van der Waals surface area contributed by atoms with E-state index in [0.29, 0.717) is 29.2 Å². The molecule has 6 nitrogen and oxygen atoms in total. The molecule has 0 aliphatic carbocycles. The summed E-state index contributed by atoms with van der Waals surface area (Å²) in [5.74, 6) is 0.241. The number of anilines is 1. The zero-order valence-electron chi connectivity index (χ0n) is 20.7. The fourth-order valence-electron chi connectivity index (χ4n) is 4.91. The molecule has 0 saturated carbocycles. The molecule has 0 bridgehead atoms. The van der Waals surface area contributed by atoms with Crippen molar-refractivity contribution < 1.29 is 22.7 Å². The number of aromatic nitrogens is 2. The summed E-state index contributed by atoms with van der Waals surface area (Å²) in [7, 11) is 0. The lowest BCUT2D eigenvalue weighted by Crippen LogP contribution is -2.40. The first-order valence-corrected chi connectivity index (χ1v) is 12.3. The average molecular weight is 501 g/mol. The Balaban J connectivity index is 1.72. The van der Waals surface area contributed by atoms with Crippen molar-refractivity contribution in [3.63, 3.8) is 0 Å². The number of pyridine rings is 2. The minimum Gasteiger partial charge on any atom is -0.383 e. The van der Waals surface area contributed by atoms with E-state index in [1.54, 1.807) is 17.0 Å². The average Bonchev–Trinajstić information content (AvgIpc) is 3.24. The Kier molecular flexibility index (Phi) is 7.49. The molecule has 2 N–H and O–H groups in total. The third-order valence-electron chi connectivity index (χ3n) is 6.72. The second kappa shape index (κ2) is 10.4. The molecule has 0 radical (unpaired) electrons. The highest BCUT2D eigenvalue weighted by atomic mass is 19.4. The van der Waals surface area contributed by atoms with Crippen molar-refractivity contribution in [2.24, 2.45) is 0 Å². The van der Waals surface area contributed by atoms with Crippen molar-refractivity contribution in [3.05, 3.63) is 64.5 Å². The predicted molar refractivity (Wildman–Crippen MR) is 132 cm³/mol. The van der Waals surface area contributed by atoms with Gasteiger partial charge in [0.05, 0.1) is 36.0 Å². The lowest BCUT2D eigenvalue weighted by molar-refractivity contribution is -0.137. The Hall–Kier alpha value is -3.20. The zero-order chi connectivity index (χ0) is 26.0. The van der Waals surface area contributed by atoms with Crippen LogP contribution in [0.3, 0.4) is 0 Å². The van der Waals surface area contributed by atoms with E-state index in [1.807, 2.05) is 13.0 Å². The number of fused-ring (bicyclic) bond motifs is 3. The second-order valence-corrected chi connectivity index (χ2v) is 9.27. The first-order chi connectivity index (χ1) is 17.1. The quantitative estimate of drug-likeness (QED) is 0.385. The number of hydrogen-bond acceptors (Lipinski definition) is 5. The Morgan fingerprint density at radius 3 is 2.53 bits per heavy atom. The minimum absolute atomic E-state index is 0.0640. The highest BCUT2D eigenvalue weighted by Crippen LogP contribution is 2.38. The molecule has 3 aromatic rings. The van der Waals surface area contributed by atoms with Gasteiger partial charge in [-0.3, -0.25) is 9.78 Å². The van der Waals surface area contributed by atoms with Gasteiger partial charge in [-0.25, -0.2) is 4.98 Å². The molecule has 192 valence electrons. The largest absolute Gasteiger partial charge is 0.417 e. The molecule has 1 aliphatic heterocycles. The Morgan fingerprint density at radius 2 is 1.92 bits per heavy atom. The third kappa shape index (κ3) is 5.16. The summed E-state index contributed by atoms with van der Waals surface area (Å²) in [6.07, 6.45) is -0.491. The van der Waals surface area contributed by atoms with Gasteiger partial charge in [-0.15, -0.1) is 0 Å². The van der Waals surface area contributed by atoms with E-state index < -0.39 is 11.7 Å². The number of carbonyl (C=O) groups excluding carboxylic acids is 1. The van der Waals surface area contributed by atoms with Gasteiger partial charge in [0.15, 0.2) is 0 Å². The maximum Gasteiger partial charge on any atom is 0.417 e. The number of nitrogens with zero attached hydrogens (tertiary/aromatic N) is 3. The molecule has 0 spiro atoms. The maximum absolute atomic E-state index is 13.9. The number of hydrogen-bond donors (Lipinski definition) is 1. The van der Waals surface area contributed by atoms with Gasteiger partial charge in [0.25, 0.3) is 5.91 Å². The molecule has 4 rings (SSSR count). The van der Waals surface area contributed by atoms with Crippen LogP contribution in [-0.2, 0) is 24.1 Å². The van der Waals surface area contributed by atoms with Crippen LogP contribution in [0.15, 0.2) is 36.5 Å². The Bertz CT molecular complexity index is 1240. The van der Waals surface area contributed by atoms with Crippen LogP contribution in [-0.4, -0.2) is 26.8 Å². The van der Waals surface area contributed by atoms with Crippen molar-refractivity contribution in [1.29, 1.82) is 0 Å². The summed E-state index contributed by atoms with van der Waals surface area (Å²) in [6, 6.07) is 7.63. The van der Waals surface area contributed by atoms with Crippen LogP contribution in [0.25, 0.3) is 10.9 Å². The van der Waals surface area contributed by atoms with E-state index in [9.17, 15) is 18.0 Å². The van der Waals surface area contributed by atoms with Crippen LogP contribution in [0.1, 0.15) is 85.3 Å². The first kappa shape index (κ1) is 25.9. The fraction of sp³-hybridized carbons (Fsp3) is 0.444. The lowest BCUT2D eigenvalue weighted by atomic mass is 9.99. The number of amides is 1. The van der Waals surface area contributed by atoms with Gasteiger partial charge in [0.2, 0.25) is 0 Å². The Labute approximate surface area is 208 Å². The monoisotopic (exact) mass is 500 g/mol. The van der Waals surface area contributed by atoms with E-state index in [2.05, 4.69) is 23.8 Å². The van der Waals surface area contributed by atoms with E-state index in [1.165, 1.54) is 6.07 Å². The summed E-state index contributed by atoms with van der Waals surface area (Å²) in [5.41, 5.74) is 8.73. The number of carbonyl (C=O) groups is 1. The van der Waals surface area contributed by atoms with Crippen LogP contribution < -0.4 is 5.73 Å². The van der Waals surface area contributed by atoms with Crippen molar-refractivity contribution in [3.8, 4) is 0 Å². The van der Waals surface area contributed by atoms with E-state index in [0.717, 1.165) is 54.5 Å².